The Balaban J connectivity index is 1.25. The molecule has 0 saturated carbocycles. The van der Waals surface area contributed by atoms with E-state index in [1.807, 2.05) is 121 Å². The molecule has 0 aliphatic rings. The molecule has 0 unspecified atom stereocenters. The molecular weight excluding hydrogens is 613 g/mol. The van der Waals surface area contributed by atoms with Crippen molar-refractivity contribution < 1.29 is 12.6 Å². The number of benzene rings is 7. The van der Waals surface area contributed by atoms with Gasteiger partial charge in [0.05, 0.1) is 24.9 Å². The standard InChI is InChI=1S/C45H28N4O/c1-2-13-29(14-3-1)30-15-12-16-31(27-30)43-46-44(32-25-26-36-35-19-7-11-24-41(35)50-42(36)28-32)48-45(47-43)37-20-6-10-23-40(37)49-38-21-8-4-17-33(38)34-18-5-9-22-39(34)49/h1-28H/i4D,5D,17D,18D,21D,22D. The number of hydrogen-bond donors (Lipinski definition) is 0. The lowest BCUT2D eigenvalue weighted by atomic mass is 10.0. The predicted octanol–water partition coefficient (Wildman–Crippen LogP) is 11.5. The van der Waals surface area contributed by atoms with E-state index >= 15 is 0 Å². The van der Waals surface area contributed by atoms with Gasteiger partial charge in [-0.1, -0.05) is 121 Å². The molecule has 50 heavy (non-hydrogen) atoms. The molecule has 3 aromatic heterocycles. The van der Waals surface area contributed by atoms with Crippen molar-refractivity contribution in [1.29, 1.82) is 0 Å². The maximum Gasteiger partial charge on any atom is 0.166 e. The molecule has 10 rings (SSSR count). The quantitative estimate of drug-likeness (QED) is 0.187. The molecule has 0 radical (unpaired) electrons. The molecule has 5 nitrogen and oxygen atoms in total. The van der Waals surface area contributed by atoms with E-state index in [2.05, 4.69) is 0 Å². The summed E-state index contributed by atoms with van der Waals surface area (Å²) in [5.74, 6) is 1.14. The molecule has 0 N–H and O–H groups in total. The van der Waals surface area contributed by atoms with Gasteiger partial charge >= 0.3 is 0 Å². The van der Waals surface area contributed by atoms with Crippen molar-refractivity contribution in [3.63, 3.8) is 0 Å². The molecule has 3 heterocycles. The Morgan fingerprint density at radius 3 is 1.86 bits per heavy atom. The van der Waals surface area contributed by atoms with Crippen LogP contribution in [0.2, 0.25) is 0 Å². The van der Waals surface area contributed by atoms with Crippen LogP contribution in [-0.4, -0.2) is 19.5 Å². The van der Waals surface area contributed by atoms with Gasteiger partial charge in [0.25, 0.3) is 0 Å². The summed E-state index contributed by atoms with van der Waals surface area (Å²) in [6.45, 7) is 0. The fraction of sp³-hybridized carbons (Fsp3) is 0. The zero-order valence-electron chi connectivity index (χ0n) is 32.4. The molecule has 0 atom stereocenters. The number of hydrogen-bond acceptors (Lipinski definition) is 4. The molecule has 0 aliphatic carbocycles. The summed E-state index contributed by atoms with van der Waals surface area (Å²) in [6, 6.07) is 41.0. The van der Waals surface area contributed by atoms with Crippen LogP contribution in [0.3, 0.4) is 0 Å². The van der Waals surface area contributed by atoms with Gasteiger partial charge in [0.2, 0.25) is 0 Å². The molecule has 0 saturated heterocycles. The Labute approximate surface area is 296 Å². The lowest BCUT2D eigenvalue weighted by Gasteiger charge is -2.14. The van der Waals surface area contributed by atoms with Crippen molar-refractivity contribution in [3.8, 4) is 51.0 Å². The molecule has 0 fully saturated rings. The first-order chi connectivity index (χ1) is 27.2. The average molecular weight is 647 g/mol. The highest BCUT2D eigenvalue weighted by molar-refractivity contribution is 6.10. The zero-order chi connectivity index (χ0) is 38.2. The highest BCUT2D eigenvalue weighted by atomic mass is 16.3. The summed E-state index contributed by atoms with van der Waals surface area (Å²) in [7, 11) is 0. The summed E-state index contributed by atoms with van der Waals surface area (Å²) >= 11 is 0. The predicted molar refractivity (Wildman–Crippen MR) is 203 cm³/mol. The molecule has 0 aliphatic heterocycles. The molecule has 0 amide bonds. The SMILES string of the molecule is [2H]c1cc([2H])c2c(c1[2H])c1c([2H])c([2H])cc([2H])c1n2-c1ccccc1-c1nc(-c2cccc(-c3ccccc3)c2)nc(-c2ccc3c(c2)oc2ccccc23)n1. The van der Waals surface area contributed by atoms with Gasteiger partial charge in [-0.25, -0.2) is 15.0 Å². The Morgan fingerprint density at radius 2 is 1.06 bits per heavy atom. The number of aromatic nitrogens is 4. The van der Waals surface area contributed by atoms with E-state index in [4.69, 9.17) is 27.6 Å². The normalized spacial score (nSPS) is 13.3. The number of rotatable bonds is 5. The highest BCUT2D eigenvalue weighted by Gasteiger charge is 2.19. The van der Waals surface area contributed by atoms with Gasteiger partial charge < -0.3 is 8.98 Å². The minimum Gasteiger partial charge on any atom is -0.456 e. The van der Waals surface area contributed by atoms with Crippen LogP contribution in [0, 0.1) is 0 Å². The third-order valence-electron chi connectivity index (χ3n) is 9.01. The first-order valence-corrected chi connectivity index (χ1v) is 16.2. The number of fused-ring (bicyclic) bond motifs is 6. The minimum absolute atomic E-state index is 0.0498. The van der Waals surface area contributed by atoms with Crippen molar-refractivity contribution in [3.05, 3.63) is 170 Å². The van der Waals surface area contributed by atoms with Crippen LogP contribution in [0.4, 0.5) is 0 Å². The zero-order valence-corrected chi connectivity index (χ0v) is 26.4. The van der Waals surface area contributed by atoms with Gasteiger partial charge in [0.15, 0.2) is 17.5 Å². The Hall–Kier alpha value is -6.85. The van der Waals surface area contributed by atoms with Crippen LogP contribution < -0.4 is 0 Å². The van der Waals surface area contributed by atoms with Gasteiger partial charge in [-0.15, -0.1) is 0 Å². The van der Waals surface area contributed by atoms with Crippen molar-refractivity contribution in [2.75, 3.05) is 0 Å². The van der Waals surface area contributed by atoms with Crippen molar-refractivity contribution in [2.45, 2.75) is 0 Å². The topological polar surface area (TPSA) is 56.7 Å². The monoisotopic (exact) mass is 646 g/mol. The Morgan fingerprint density at radius 1 is 0.440 bits per heavy atom. The van der Waals surface area contributed by atoms with Crippen LogP contribution in [0.25, 0.3) is 94.7 Å². The lowest BCUT2D eigenvalue weighted by molar-refractivity contribution is 0.669. The van der Waals surface area contributed by atoms with E-state index in [0.29, 0.717) is 39.9 Å². The van der Waals surface area contributed by atoms with Gasteiger partial charge in [0, 0.05) is 38.2 Å². The third-order valence-corrected chi connectivity index (χ3v) is 9.01. The average Bonchev–Trinajstić information content (AvgIpc) is 3.79. The molecule has 10 aromatic rings. The first kappa shape index (κ1) is 22.7. The van der Waals surface area contributed by atoms with Gasteiger partial charge in [0.1, 0.15) is 11.2 Å². The van der Waals surface area contributed by atoms with E-state index in [0.717, 1.165) is 33.0 Å². The highest BCUT2D eigenvalue weighted by Crippen LogP contribution is 2.37. The molecule has 0 bridgehead atoms. The van der Waals surface area contributed by atoms with E-state index in [1.54, 1.807) is 4.57 Å². The summed E-state index contributed by atoms with van der Waals surface area (Å²) in [5.41, 5.74) is 6.52. The van der Waals surface area contributed by atoms with E-state index in [9.17, 15) is 0 Å². The summed E-state index contributed by atoms with van der Waals surface area (Å²) < 4.78 is 60.7. The van der Waals surface area contributed by atoms with Crippen LogP contribution in [-0.2, 0) is 0 Å². The number of para-hydroxylation sites is 4. The maximum atomic E-state index is 9.04. The lowest BCUT2D eigenvalue weighted by Crippen LogP contribution is -2.03. The molecular formula is C45H28N4O. The molecule has 0 spiro atoms. The van der Waals surface area contributed by atoms with Crippen LogP contribution in [0.5, 0.6) is 0 Å². The third kappa shape index (κ3) is 4.60. The fourth-order valence-corrected chi connectivity index (χ4v) is 6.70. The maximum absolute atomic E-state index is 9.04. The second-order valence-corrected chi connectivity index (χ2v) is 12.0. The molecule has 5 heteroatoms. The van der Waals surface area contributed by atoms with E-state index in [1.165, 1.54) is 12.1 Å². The van der Waals surface area contributed by atoms with Crippen molar-refractivity contribution in [1.82, 2.24) is 19.5 Å². The fourth-order valence-electron chi connectivity index (χ4n) is 6.70. The molecule has 234 valence electrons. The minimum atomic E-state index is -0.181. The van der Waals surface area contributed by atoms with Gasteiger partial charge in [-0.3, -0.25) is 0 Å². The number of furan rings is 1. The second-order valence-electron chi connectivity index (χ2n) is 12.0. The summed E-state index contributed by atoms with van der Waals surface area (Å²) in [5, 5.41) is 2.33. The summed E-state index contributed by atoms with van der Waals surface area (Å²) in [6.07, 6.45) is 0. The largest absolute Gasteiger partial charge is 0.456 e. The second kappa shape index (κ2) is 11.4. The molecule has 7 aromatic carbocycles. The smallest absolute Gasteiger partial charge is 0.166 e. The van der Waals surface area contributed by atoms with Gasteiger partial charge in [-0.2, -0.15) is 0 Å². The Kier molecular flexibility index (Phi) is 5.17. The van der Waals surface area contributed by atoms with Crippen LogP contribution >= 0.6 is 0 Å². The Bertz CT molecular complexity index is 3160. The van der Waals surface area contributed by atoms with Crippen LogP contribution in [0.15, 0.2) is 174 Å². The number of nitrogens with zero attached hydrogens (tertiary/aromatic N) is 4. The van der Waals surface area contributed by atoms with Gasteiger partial charge in [-0.05, 0) is 59.6 Å². The van der Waals surface area contributed by atoms with Crippen molar-refractivity contribution in [2.24, 2.45) is 0 Å². The van der Waals surface area contributed by atoms with E-state index < -0.39 is 0 Å². The van der Waals surface area contributed by atoms with E-state index in [-0.39, 0.29) is 58.1 Å². The summed E-state index contributed by atoms with van der Waals surface area (Å²) in [4.78, 5) is 15.2. The van der Waals surface area contributed by atoms with Crippen molar-refractivity contribution >= 4 is 43.7 Å². The van der Waals surface area contributed by atoms with Crippen LogP contribution in [0.1, 0.15) is 8.22 Å². The first-order valence-electron chi connectivity index (χ1n) is 19.2.